The molecule has 0 aliphatic carbocycles. The van der Waals surface area contributed by atoms with Gasteiger partial charge in [-0.05, 0) is 42.8 Å². The van der Waals surface area contributed by atoms with Gasteiger partial charge < -0.3 is 14.4 Å². The molecule has 0 bridgehead atoms. The molecule has 1 unspecified atom stereocenters. The third-order valence-corrected chi connectivity index (χ3v) is 4.03. The zero-order valence-corrected chi connectivity index (χ0v) is 13.9. The molecule has 0 spiro atoms. The Labute approximate surface area is 144 Å². The second-order valence-electron chi connectivity index (χ2n) is 5.66. The van der Waals surface area contributed by atoms with E-state index in [0.717, 1.165) is 11.3 Å². The number of nitrogens with one attached hydrogen (secondary N) is 1. The van der Waals surface area contributed by atoms with Crippen LogP contribution >= 0.6 is 0 Å². The summed E-state index contributed by atoms with van der Waals surface area (Å²) in [7, 11) is 1.60. The number of methoxy groups -OCH3 is 1. The quantitative estimate of drug-likeness (QED) is 0.656. The van der Waals surface area contributed by atoms with Gasteiger partial charge in [-0.1, -0.05) is 12.1 Å². The predicted molar refractivity (Wildman–Crippen MR) is 90.0 cm³/mol. The highest BCUT2D eigenvalue weighted by Gasteiger charge is 2.32. The largest absolute Gasteiger partial charge is 0.497 e. The first kappa shape index (κ1) is 16.8. The van der Waals surface area contributed by atoms with Gasteiger partial charge in [-0.3, -0.25) is 14.8 Å². The molecule has 3 rings (SSSR count). The molecule has 1 atom stereocenters. The predicted octanol–water partition coefficient (Wildman–Crippen LogP) is 2.13. The van der Waals surface area contributed by atoms with Crippen LogP contribution in [-0.2, 0) is 11.3 Å². The Morgan fingerprint density at radius 2 is 2.00 bits per heavy atom. The Balaban J connectivity index is 1.93. The minimum atomic E-state index is -0.668. The molecule has 130 valence electrons. The van der Waals surface area contributed by atoms with Gasteiger partial charge in [0, 0.05) is 5.56 Å². The van der Waals surface area contributed by atoms with Gasteiger partial charge in [-0.15, -0.1) is 0 Å². The molecule has 25 heavy (non-hydrogen) atoms. The van der Waals surface area contributed by atoms with Crippen molar-refractivity contribution in [2.24, 2.45) is 0 Å². The lowest BCUT2D eigenvalue weighted by Gasteiger charge is -2.33. The smallest absolute Gasteiger partial charge is 0.274 e. The van der Waals surface area contributed by atoms with E-state index in [1.807, 2.05) is 24.3 Å². The normalized spacial score (nSPS) is 16.0. The monoisotopic (exact) mass is 342 g/mol. The van der Waals surface area contributed by atoms with Crippen LogP contribution in [0.3, 0.4) is 0 Å². The first-order chi connectivity index (χ1) is 12.0. The summed E-state index contributed by atoms with van der Waals surface area (Å²) in [4.78, 5) is 25.7. The molecule has 1 heterocycles. The molecule has 2 N–H and O–H groups in total. The van der Waals surface area contributed by atoms with Crippen molar-refractivity contribution in [2.45, 2.75) is 19.6 Å². The summed E-state index contributed by atoms with van der Waals surface area (Å²) >= 11 is 0. The summed E-state index contributed by atoms with van der Waals surface area (Å²) in [5.74, 6) is 0.354. The van der Waals surface area contributed by atoms with Gasteiger partial charge in [0.2, 0.25) is 0 Å². The van der Waals surface area contributed by atoms with Crippen molar-refractivity contribution in [1.29, 1.82) is 0 Å². The van der Waals surface area contributed by atoms with E-state index in [9.17, 15) is 9.59 Å². The fourth-order valence-electron chi connectivity index (χ4n) is 2.69. The van der Waals surface area contributed by atoms with Crippen molar-refractivity contribution in [2.75, 3.05) is 12.0 Å². The van der Waals surface area contributed by atoms with Gasteiger partial charge in [0.1, 0.15) is 11.5 Å². The topological polar surface area (TPSA) is 88.1 Å². The Morgan fingerprint density at radius 3 is 2.64 bits per heavy atom. The van der Waals surface area contributed by atoms with Crippen LogP contribution in [0.5, 0.6) is 11.5 Å². The maximum Gasteiger partial charge on any atom is 0.274 e. The third kappa shape index (κ3) is 3.27. The summed E-state index contributed by atoms with van der Waals surface area (Å²) in [6.45, 7) is 2.03. The van der Waals surface area contributed by atoms with Gasteiger partial charge in [-0.2, -0.15) is 0 Å². The van der Waals surface area contributed by atoms with E-state index < -0.39 is 12.0 Å². The van der Waals surface area contributed by atoms with Gasteiger partial charge in [0.05, 0.1) is 19.3 Å². The van der Waals surface area contributed by atoms with E-state index in [2.05, 4.69) is 0 Å². The second kappa shape index (κ2) is 6.82. The summed E-state index contributed by atoms with van der Waals surface area (Å²) in [6, 6.07) is 12.1. The fourth-order valence-corrected chi connectivity index (χ4v) is 2.69. The van der Waals surface area contributed by atoms with Crippen LogP contribution in [0.1, 0.15) is 22.8 Å². The van der Waals surface area contributed by atoms with E-state index in [0.29, 0.717) is 18.0 Å². The average Bonchev–Trinajstić information content (AvgIpc) is 2.64. The zero-order valence-electron chi connectivity index (χ0n) is 13.9. The number of carbonyl (C=O) groups excluding carboxylic acids is 2. The van der Waals surface area contributed by atoms with Gasteiger partial charge >= 0.3 is 0 Å². The molecule has 7 nitrogen and oxygen atoms in total. The van der Waals surface area contributed by atoms with Crippen molar-refractivity contribution >= 4 is 17.5 Å². The SMILES string of the molecule is COc1ccc(CN2C(=O)C(C)Oc3cc(C(=O)NO)ccc32)cc1. The van der Waals surface area contributed by atoms with E-state index in [4.69, 9.17) is 14.7 Å². The number of nitrogens with zero attached hydrogens (tertiary/aromatic N) is 1. The number of fused-ring (bicyclic) bond motifs is 1. The van der Waals surface area contributed by atoms with Gasteiger partial charge in [-0.25, -0.2) is 5.48 Å². The molecule has 0 saturated carbocycles. The number of carbonyl (C=O) groups is 2. The minimum absolute atomic E-state index is 0.164. The number of anilines is 1. The summed E-state index contributed by atoms with van der Waals surface area (Å²) < 4.78 is 10.8. The number of hydrogen-bond acceptors (Lipinski definition) is 5. The van der Waals surface area contributed by atoms with Crippen molar-refractivity contribution < 1.29 is 24.3 Å². The van der Waals surface area contributed by atoms with Crippen LogP contribution < -0.4 is 19.9 Å². The molecule has 1 aliphatic heterocycles. The first-order valence-electron chi connectivity index (χ1n) is 7.73. The average molecular weight is 342 g/mol. The highest BCUT2D eigenvalue weighted by Crippen LogP contribution is 2.36. The Hall–Kier alpha value is -3.06. The van der Waals surface area contributed by atoms with Gasteiger partial charge in [0.25, 0.3) is 11.8 Å². The van der Waals surface area contributed by atoms with E-state index in [1.165, 1.54) is 12.1 Å². The van der Waals surface area contributed by atoms with Crippen molar-refractivity contribution in [1.82, 2.24) is 5.48 Å². The lowest BCUT2D eigenvalue weighted by atomic mass is 10.1. The molecule has 0 fully saturated rings. The molecule has 2 aromatic carbocycles. The number of hydroxylamine groups is 1. The Bertz CT molecular complexity index is 804. The van der Waals surface area contributed by atoms with Crippen LogP contribution in [0.2, 0.25) is 0 Å². The van der Waals surface area contributed by atoms with Crippen molar-refractivity contribution in [3.05, 3.63) is 53.6 Å². The standard InChI is InChI=1S/C18H18N2O5/c1-11-18(22)20(10-12-3-6-14(24-2)7-4-12)15-8-5-13(17(21)19-23)9-16(15)25-11/h3-9,11,23H,10H2,1-2H3,(H,19,21). The van der Waals surface area contributed by atoms with Crippen molar-refractivity contribution in [3.63, 3.8) is 0 Å². The van der Waals surface area contributed by atoms with E-state index >= 15 is 0 Å². The lowest BCUT2D eigenvalue weighted by Crippen LogP contribution is -2.44. The molecule has 2 aromatic rings. The molecule has 2 amide bonds. The number of rotatable bonds is 4. The highest BCUT2D eigenvalue weighted by atomic mass is 16.5. The van der Waals surface area contributed by atoms with E-state index in [-0.39, 0.29) is 11.5 Å². The first-order valence-corrected chi connectivity index (χ1v) is 7.73. The maximum absolute atomic E-state index is 12.5. The highest BCUT2D eigenvalue weighted by molar-refractivity contribution is 6.01. The molecule has 0 aromatic heterocycles. The molecule has 0 saturated heterocycles. The summed E-state index contributed by atoms with van der Waals surface area (Å²) in [6.07, 6.45) is -0.668. The molecular formula is C18H18N2O5. The zero-order chi connectivity index (χ0) is 18.0. The number of amides is 2. The van der Waals surface area contributed by atoms with Crippen LogP contribution in [0.4, 0.5) is 5.69 Å². The number of hydrogen-bond donors (Lipinski definition) is 2. The number of benzene rings is 2. The molecule has 7 heteroatoms. The Morgan fingerprint density at radius 1 is 1.28 bits per heavy atom. The van der Waals surface area contributed by atoms with Crippen LogP contribution in [0.25, 0.3) is 0 Å². The third-order valence-electron chi connectivity index (χ3n) is 4.03. The Kier molecular flexibility index (Phi) is 4.58. The molecular weight excluding hydrogens is 324 g/mol. The maximum atomic E-state index is 12.5. The van der Waals surface area contributed by atoms with Crippen LogP contribution in [-0.4, -0.2) is 30.2 Å². The van der Waals surface area contributed by atoms with Crippen LogP contribution in [0, 0.1) is 0 Å². The fraction of sp³-hybridized carbons (Fsp3) is 0.222. The van der Waals surface area contributed by atoms with Crippen molar-refractivity contribution in [3.8, 4) is 11.5 Å². The second-order valence-corrected chi connectivity index (χ2v) is 5.66. The van der Waals surface area contributed by atoms with Gasteiger partial charge in [0.15, 0.2) is 6.10 Å². The summed E-state index contributed by atoms with van der Waals surface area (Å²) in [5.41, 5.74) is 3.34. The molecule has 1 aliphatic rings. The van der Waals surface area contributed by atoms with Crippen LogP contribution in [0.15, 0.2) is 42.5 Å². The summed E-state index contributed by atoms with van der Waals surface area (Å²) in [5, 5.41) is 8.76. The lowest BCUT2D eigenvalue weighted by molar-refractivity contribution is -0.125. The number of ether oxygens (including phenoxy) is 2. The van der Waals surface area contributed by atoms with E-state index in [1.54, 1.807) is 30.5 Å². The minimum Gasteiger partial charge on any atom is -0.497 e. The molecule has 0 radical (unpaired) electrons.